The summed E-state index contributed by atoms with van der Waals surface area (Å²) in [7, 11) is 3.19. The molecular weight excluding hydrogens is 306 g/mol. The molecule has 24 heavy (non-hydrogen) atoms. The monoisotopic (exact) mass is 329 g/mol. The first-order valence-electron chi connectivity index (χ1n) is 7.88. The highest BCUT2D eigenvalue weighted by Crippen LogP contribution is 2.27. The number of phenolic OH excluding ortho intramolecular Hbond substituents is 1. The summed E-state index contributed by atoms with van der Waals surface area (Å²) < 4.78 is 10.5. The van der Waals surface area contributed by atoms with Gasteiger partial charge in [-0.3, -0.25) is 4.79 Å². The van der Waals surface area contributed by atoms with Crippen LogP contribution in [0, 0.1) is 0 Å². The predicted molar refractivity (Wildman–Crippen MR) is 92.7 cm³/mol. The number of hydrogen-bond acceptors (Lipinski definition) is 4. The summed E-state index contributed by atoms with van der Waals surface area (Å²) in [5.41, 5.74) is 2.11. The number of carbonyl (C=O) groups excluding carboxylic acids is 1. The lowest BCUT2D eigenvalue weighted by Gasteiger charge is -2.10. The van der Waals surface area contributed by atoms with Crippen molar-refractivity contribution in [3.8, 4) is 17.2 Å². The van der Waals surface area contributed by atoms with E-state index in [9.17, 15) is 9.90 Å². The molecule has 0 radical (unpaired) electrons. The molecule has 0 aliphatic carbocycles. The van der Waals surface area contributed by atoms with Gasteiger partial charge < -0.3 is 19.9 Å². The second kappa shape index (κ2) is 8.82. The van der Waals surface area contributed by atoms with Gasteiger partial charge in [0.1, 0.15) is 5.75 Å². The first-order chi connectivity index (χ1) is 11.6. The molecule has 0 aromatic heterocycles. The van der Waals surface area contributed by atoms with Crippen molar-refractivity contribution in [1.29, 1.82) is 0 Å². The van der Waals surface area contributed by atoms with E-state index in [0.717, 1.165) is 17.5 Å². The van der Waals surface area contributed by atoms with Gasteiger partial charge in [0.2, 0.25) is 5.91 Å². The number of nitrogens with one attached hydrogen (secondary N) is 1. The van der Waals surface area contributed by atoms with Crippen LogP contribution in [0.15, 0.2) is 42.5 Å². The summed E-state index contributed by atoms with van der Waals surface area (Å²) in [5, 5.41) is 12.1. The zero-order valence-corrected chi connectivity index (χ0v) is 14.0. The Hall–Kier alpha value is -2.69. The normalized spacial score (nSPS) is 10.2. The van der Waals surface area contributed by atoms with Crippen molar-refractivity contribution in [1.82, 2.24) is 5.32 Å². The maximum atomic E-state index is 11.9. The summed E-state index contributed by atoms with van der Waals surface area (Å²) in [6, 6.07) is 12.7. The Labute approximate surface area is 142 Å². The number of aryl methyl sites for hydroxylation is 1. The van der Waals surface area contributed by atoms with Gasteiger partial charge in [-0.2, -0.15) is 0 Å². The number of rotatable bonds is 8. The Kier molecular flexibility index (Phi) is 6.49. The molecule has 0 fully saturated rings. The summed E-state index contributed by atoms with van der Waals surface area (Å²) in [4.78, 5) is 11.9. The summed E-state index contributed by atoms with van der Waals surface area (Å²) in [5.74, 6) is 1.61. The van der Waals surface area contributed by atoms with Crippen LogP contribution in [0.4, 0.5) is 0 Å². The van der Waals surface area contributed by atoms with Gasteiger partial charge in [0.15, 0.2) is 11.5 Å². The Morgan fingerprint density at radius 3 is 2.29 bits per heavy atom. The average molecular weight is 329 g/mol. The van der Waals surface area contributed by atoms with Crippen molar-refractivity contribution < 1.29 is 19.4 Å². The highest BCUT2D eigenvalue weighted by Gasteiger charge is 2.07. The maximum Gasteiger partial charge on any atom is 0.220 e. The van der Waals surface area contributed by atoms with E-state index in [1.807, 2.05) is 30.3 Å². The van der Waals surface area contributed by atoms with E-state index in [1.165, 1.54) is 0 Å². The standard InChI is InChI=1S/C19H23NO4/c1-23-17-9-5-15(13-18(17)24-2)6-10-19(22)20-12-11-14-3-7-16(21)8-4-14/h3-5,7-9,13,21H,6,10-12H2,1-2H3,(H,20,22). The molecule has 2 N–H and O–H groups in total. The Balaban J connectivity index is 1.75. The van der Waals surface area contributed by atoms with Crippen molar-refractivity contribution >= 4 is 5.91 Å². The molecule has 2 aromatic carbocycles. The van der Waals surface area contributed by atoms with Crippen molar-refractivity contribution in [3.05, 3.63) is 53.6 Å². The second-order valence-electron chi connectivity index (χ2n) is 5.46. The first-order valence-corrected chi connectivity index (χ1v) is 7.88. The van der Waals surface area contributed by atoms with Crippen LogP contribution < -0.4 is 14.8 Å². The average Bonchev–Trinajstić information content (AvgIpc) is 2.61. The smallest absolute Gasteiger partial charge is 0.220 e. The van der Waals surface area contributed by atoms with E-state index < -0.39 is 0 Å². The van der Waals surface area contributed by atoms with Crippen molar-refractivity contribution in [2.24, 2.45) is 0 Å². The van der Waals surface area contributed by atoms with Crippen molar-refractivity contribution in [3.63, 3.8) is 0 Å². The summed E-state index contributed by atoms with van der Waals surface area (Å²) in [6.45, 7) is 0.579. The van der Waals surface area contributed by atoms with Crippen LogP contribution in [0.3, 0.4) is 0 Å². The Bertz CT molecular complexity index is 668. The van der Waals surface area contributed by atoms with Crippen LogP contribution in [-0.2, 0) is 17.6 Å². The van der Waals surface area contributed by atoms with E-state index in [-0.39, 0.29) is 11.7 Å². The van der Waals surface area contributed by atoms with Gasteiger partial charge in [0.05, 0.1) is 14.2 Å². The SMILES string of the molecule is COc1ccc(CCC(=O)NCCc2ccc(O)cc2)cc1OC. The quantitative estimate of drug-likeness (QED) is 0.781. The molecule has 0 saturated heterocycles. The number of benzene rings is 2. The molecule has 0 heterocycles. The fourth-order valence-corrected chi connectivity index (χ4v) is 2.39. The number of amides is 1. The first kappa shape index (κ1) is 17.7. The molecule has 1 amide bonds. The minimum absolute atomic E-state index is 0.0172. The van der Waals surface area contributed by atoms with Crippen LogP contribution in [-0.4, -0.2) is 31.8 Å². The Morgan fingerprint density at radius 1 is 0.958 bits per heavy atom. The molecular formula is C19H23NO4. The molecule has 0 aliphatic rings. The van der Waals surface area contributed by atoms with Gasteiger partial charge >= 0.3 is 0 Å². The molecule has 5 nitrogen and oxygen atoms in total. The van der Waals surface area contributed by atoms with Crippen LogP contribution in [0.25, 0.3) is 0 Å². The third-order valence-corrected chi connectivity index (χ3v) is 3.76. The second-order valence-corrected chi connectivity index (χ2v) is 5.46. The molecule has 0 saturated carbocycles. The fraction of sp³-hybridized carbons (Fsp3) is 0.316. The fourth-order valence-electron chi connectivity index (χ4n) is 2.39. The molecule has 128 valence electrons. The Morgan fingerprint density at radius 2 is 1.62 bits per heavy atom. The van der Waals surface area contributed by atoms with E-state index >= 15 is 0 Å². The zero-order valence-electron chi connectivity index (χ0n) is 14.0. The molecule has 0 atom stereocenters. The van der Waals surface area contributed by atoms with Crippen molar-refractivity contribution in [2.75, 3.05) is 20.8 Å². The number of methoxy groups -OCH3 is 2. The lowest BCUT2D eigenvalue weighted by molar-refractivity contribution is -0.121. The van der Waals surface area contributed by atoms with E-state index in [4.69, 9.17) is 9.47 Å². The maximum absolute atomic E-state index is 11.9. The zero-order chi connectivity index (χ0) is 17.4. The molecule has 2 rings (SSSR count). The summed E-state index contributed by atoms with van der Waals surface area (Å²) in [6.07, 6.45) is 1.80. The van der Waals surface area contributed by atoms with Gasteiger partial charge in [-0.1, -0.05) is 18.2 Å². The molecule has 0 aliphatic heterocycles. The minimum Gasteiger partial charge on any atom is -0.508 e. The highest BCUT2D eigenvalue weighted by molar-refractivity contribution is 5.76. The molecule has 2 aromatic rings. The third-order valence-electron chi connectivity index (χ3n) is 3.76. The number of hydrogen-bond donors (Lipinski definition) is 2. The van der Waals surface area contributed by atoms with Gasteiger partial charge in [-0.05, 0) is 48.2 Å². The topological polar surface area (TPSA) is 67.8 Å². The molecule has 0 unspecified atom stereocenters. The number of phenols is 1. The summed E-state index contributed by atoms with van der Waals surface area (Å²) >= 11 is 0. The number of aromatic hydroxyl groups is 1. The van der Waals surface area contributed by atoms with Crippen molar-refractivity contribution in [2.45, 2.75) is 19.3 Å². The van der Waals surface area contributed by atoms with Crippen LogP contribution in [0.1, 0.15) is 17.5 Å². The lowest BCUT2D eigenvalue weighted by atomic mass is 10.1. The van der Waals surface area contributed by atoms with Crippen LogP contribution >= 0.6 is 0 Å². The van der Waals surface area contributed by atoms with E-state index in [0.29, 0.717) is 30.9 Å². The highest BCUT2D eigenvalue weighted by atomic mass is 16.5. The lowest BCUT2D eigenvalue weighted by Crippen LogP contribution is -2.25. The van der Waals surface area contributed by atoms with Gasteiger partial charge in [-0.15, -0.1) is 0 Å². The molecule has 0 spiro atoms. The molecule has 0 bridgehead atoms. The largest absolute Gasteiger partial charge is 0.508 e. The third kappa shape index (κ3) is 5.19. The van der Waals surface area contributed by atoms with Gasteiger partial charge in [0.25, 0.3) is 0 Å². The van der Waals surface area contributed by atoms with Crippen LogP contribution in [0.2, 0.25) is 0 Å². The predicted octanol–water partition coefficient (Wildman–Crippen LogP) is 2.70. The number of ether oxygens (including phenoxy) is 2. The van der Waals surface area contributed by atoms with Crippen LogP contribution in [0.5, 0.6) is 17.2 Å². The van der Waals surface area contributed by atoms with E-state index in [1.54, 1.807) is 26.4 Å². The number of carbonyl (C=O) groups is 1. The van der Waals surface area contributed by atoms with Gasteiger partial charge in [0, 0.05) is 13.0 Å². The minimum atomic E-state index is 0.0172. The molecule has 5 heteroatoms. The van der Waals surface area contributed by atoms with Gasteiger partial charge in [-0.25, -0.2) is 0 Å². The van der Waals surface area contributed by atoms with E-state index in [2.05, 4.69) is 5.32 Å².